The monoisotopic (exact) mass is 333 g/mol. The van der Waals surface area contributed by atoms with Crippen molar-refractivity contribution in [1.82, 2.24) is 4.98 Å². The molecule has 21 heavy (non-hydrogen) atoms. The van der Waals surface area contributed by atoms with Crippen molar-refractivity contribution in [2.45, 2.75) is 20.8 Å². The van der Waals surface area contributed by atoms with Gasteiger partial charge in [-0.3, -0.25) is 4.57 Å². The molecule has 0 unspecified atom stereocenters. The molecule has 0 spiro atoms. The van der Waals surface area contributed by atoms with Gasteiger partial charge in [-0.1, -0.05) is 19.0 Å². The third kappa shape index (κ3) is 4.95. The summed E-state index contributed by atoms with van der Waals surface area (Å²) >= 11 is 1.08. The number of carbonyl (C=O) groups excluding carboxylic acids is 2. The number of rotatable bonds is 6. The Bertz CT molecular complexity index is 605. The molecule has 8 nitrogen and oxygen atoms in total. The number of hydrogen-bond donors (Lipinski definition) is 1. The number of carbonyl (C=O) groups is 2. The first kappa shape index (κ1) is 17.3. The summed E-state index contributed by atoms with van der Waals surface area (Å²) in [5.41, 5.74) is 5.24. The van der Waals surface area contributed by atoms with E-state index < -0.39 is 19.3 Å². The van der Waals surface area contributed by atoms with Gasteiger partial charge in [0.05, 0.1) is 0 Å². The molecular formula is C11H16N3O5PS. The Hall–Kier alpha value is -1.73. The Labute approximate surface area is 125 Å². The second-order valence-electron chi connectivity index (χ2n) is 3.92. The normalized spacial score (nSPS) is 12.0. The molecule has 0 aromatic carbocycles. The minimum atomic E-state index is -3.08. The molecule has 0 bridgehead atoms. The van der Waals surface area contributed by atoms with Gasteiger partial charge < -0.3 is 15.1 Å². The zero-order chi connectivity index (χ0) is 16.0. The van der Waals surface area contributed by atoms with Crippen molar-refractivity contribution >= 4 is 41.5 Å². The fraction of sp³-hybridized carbons (Fsp3) is 0.455. The van der Waals surface area contributed by atoms with Crippen LogP contribution in [0, 0.1) is 0 Å². The first-order chi connectivity index (χ1) is 9.81. The second-order valence-corrected chi connectivity index (χ2v) is 7.89. The Morgan fingerprint density at radius 3 is 2.48 bits per heavy atom. The Morgan fingerprint density at radius 1 is 1.43 bits per heavy atom. The van der Waals surface area contributed by atoms with Gasteiger partial charge >= 0.3 is 11.9 Å². The molecule has 0 amide bonds. The molecule has 10 heteroatoms. The summed E-state index contributed by atoms with van der Waals surface area (Å²) in [7, 11) is -3.08. The summed E-state index contributed by atoms with van der Waals surface area (Å²) in [6.07, 6.45) is 0.407. The fourth-order valence-corrected chi connectivity index (χ4v) is 2.88. The van der Waals surface area contributed by atoms with E-state index in [4.69, 9.17) is 10.3 Å². The lowest BCUT2D eigenvalue weighted by Gasteiger charge is -2.14. The first-order valence-electron chi connectivity index (χ1n) is 6.10. The van der Waals surface area contributed by atoms with Gasteiger partial charge in [-0.15, -0.1) is 11.3 Å². The highest BCUT2D eigenvalue weighted by Crippen LogP contribution is 2.46. The van der Waals surface area contributed by atoms with Crippen molar-refractivity contribution in [2.75, 3.05) is 18.1 Å². The zero-order valence-corrected chi connectivity index (χ0v) is 13.6. The molecule has 0 saturated carbocycles. The highest BCUT2D eigenvalue weighted by Gasteiger charge is 2.28. The van der Waals surface area contributed by atoms with E-state index in [0.29, 0.717) is 0 Å². The summed E-state index contributed by atoms with van der Waals surface area (Å²) < 4.78 is 17.2. The summed E-state index contributed by atoms with van der Waals surface area (Å²) in [5, 5.41) is 5.09. The maximum Gasteiger partial charge on any atom is 0.367 e. The average Bonchev–Trinajstić information content (AvgIpc) is 2.85. The predicted octanol–water partition coefficient (Wildman–Crippen LogP) is 1.85. The van der Waals surface area contributed by atoms with Crippen molar-refractivity contribution < 1.29 is 23.5 Å². The Morgan fingerprint density at radius 2 is 2.05 bits per heavy atom. The molecule has 2 N–H and O–H groups in total. The van der Waals surface area contributed by atoms with E-state index in [0.717, 1.165) is 18.3 Å². The van der Waals surface area contributed by atoms with E-state index in [2.05, 4.69) is 15.0 Å². The first-order valence-corrected chi connectivity index (χ1v) is 8.97. The van der Waals surface area contributed by atoms with Crippen LogP contribution < -0.4 is 5.73 Å². The molecule has 1 aromatic heterocycles. The Balaban J connectivity index is 3.07. The largest absolute Gasteiger partial charge is 0.407 e. The minimum absolute atomic E-state index is 0.0995. The highest BCUT2D eigenvalue weighted by molar-refractivity contribution is 7.59. The molecule has 1 aromatic rings. The molecule has 116 valence electrons. The molecule has 0 atom stereocenters. The number of oxime groups is 1. The lowest BCUT2D eigenvalue weighted by Crippen LogP contribution is -2.20. The van der Waals surface area contributed by atoms with Gasteiger partial charge in [0.25, 0.3) is 7.37 Å². The third-order valence-electron chi connectivity index (χ3n) is 2.44. The minimum Gasteiger partial charge on any atom is -0.407 e. The molecule has 0 aliphatic heterocycles. The van der Waals surface area contributed by atoms with Gasteiger partial charge in [0.15, 0.2) is 5.13 Å². The van der Waals surface area contributed by atoms with Crippen LogP contribution in [0.5, 0.6) is 0 Å². The summed E-state index contributed by atoms with van der Waals surface area (Å²) in [6, 6.07) is 0. The molecule has 0 radical (unpaired) electrons. The molecule has 0 aliphatic rings. The van der Waals surface area contributed by atoms with Crippen LogP contribution in [0.2, 0.25) is 0 Å². The number of aromatic nitrogens is 1. The zero-order valence-electron chi connectivity index (χ0n) is 11.9. The smallest absolute Gasteiger partial charge is 0.367 e. The number of nitrogens with two attached hydrogens (primary N) is 1. The van der Waals surface area contributed by atoms with E-state index in [1.165, 1.54) is 5.38 Å². The molecule has 1 rings (SSSR count). The number of hydrogen-bond acceptors (Lipinski definition) is 9. The van der Waals surface area contributed by atoms with E-state index in [9.17, 15) is 14.2 Å². The molecule has 0 saturated heterocycles. The second kappa shape index (κ2) is 7.33. The van der Waals surface area contributed by atoms with Crippen molar-refractivity contribution in [3.63, 3.8) is 0 Å². The van der Waals surface area contributed by atoms with Crippen molar-refractivity contribution in [1.29, 1.82) is 0 Å². The summed E-state index contributed by atoms with van der Waals surface area (Å²) in [4.78, 5) is 31.3. The number of nitrogen functional groups attached to an aromatic ring is 1. The third-order valence-corrected chi connectivity index (χ3v) is 5.54. The molecule has 0 aliphatic carbocycles. The van der Waals surface area contributed by atoms with Crippen LogP contribution >= 0.6 is 18.7 Å². The van der Waals surface area contributed by atoms with Crippen LogP contribution in [0.1, 0.15) is 26.5 Å². The number of nitrogens with zero attached hydrogens (tertiary/aromatic N) is 2. The van der Waals surface area contributed by atoms with E-state index >= 15 is 0 Å². The van der Waals surface area contributed by atoms with Crippen LogP contribution in [0.4, 0.5) is 5.13 Å². The molecular weight excluding hydrogens is 317 g/mol. The van der Waals surface area contributed by atoms with Crippen molar-refractivity contribution in [3.05, 3.63) is 11.1 Å². The van der Waals surface area contributed by atoms with E-state index in [1.807, 2.05) is 0 Å². The van der Waals surface area contributed by atoms with Gasteiger partial charge in [0.2, 0.25) is 5.71 Å². The summed E-state index contributed by atoms with van der Waals surface area (Å²) in [5.74, 6) is -1.67. The van der Waals surface area contributed by atoms with Crippen LogP contribution in [0.15, 0.2) is 10.5 Å². The summed E-state index contributed by atoms with van der Waals surface area (Å²) in [6.45, 7) is 4.44. The number of anilines is 1. The lowest BCUT2D eigenvalue weighted by atomic mass is 10.3. The lowest BCUT2D eigenvalue weighted by molar-refractivity contribution is -0.141. The van der Waals surface area contributed by atoms with Crippen LogP contribution in [0.25, 0.3) is 0 Å². The van der Waals surface area contributed by atoms with Gasteiger partial charge in [-0.25, -0.2) is 14.6 Å². The predicted molar refractivity (Wildman–Crippen MR) is 79.6 cm³/mol. The van der Waals surface area contributed by atoms with Crippen LogP contribution in [-0.2, 0) is 23.5 Å². The Kier molecular flexibility index (Phi) is 6.04. The fourth-order valence-electron chi connectivity index (χ4n) is 1.24. The average molecular weight is 333 g/mol. The van der Waals surface area contributed by atoms with Crippen LogP contribution in [0.3, 0.4) is 0 Å². The van der Waals surface area contributed by atoms with E-state index in [-0.39, 0.29) is 28.9 Å². The standard InChI is InChI=1S/C11H16N3O5PS/c1-4-20(17,5-2)19-10(16)9(14-18-7(3)15)8-6-21-11(12)13-8/h6H,4-5H2,1-3H3,(H2,12,13)/b14-9-. The molecule has 1 heterocycles. The van der Waals surface area contributed by atoms with Gasteiger partial charge in [-0.2, -0.15) is 0 Å². The maximum absolute atomic E-state index is 12.2. The SMILES string of the molecule is CCP(=O)(CC)OC(=O)/C(=N\OC(C)=O)c1csc(N)n1. The quantitative estimate of drug-likeness (QED) is 0.365. The van der Waals surface area contributed by atoms with Crippen LogP contribution in [-0.4, -0.2) is 35.0 Å². The van der Waals surface area contributed by atoms with Gasteiger partial charge in [0.1, 0.15) is 5.69 Å². The van der Waals surface area contributed by atoms with Crippen molar-refractivity contribution in [3.8, 4) is 0 Å². The number of thiazole rings is 1. The highest BCUT2D eigenvalue weighted by atomic mass is 32.1. The molecule has 0 fully saturated rings. The van der Waals surface area contributed by atoms with Crippen molar-refractivity contribution in [2.24, 2.45) is 5.16 Å². The van der Waals surface area contributed by atoms with E-state index in [1.54, 1.807) is 13.8 Å². The maximum atomic E-state index is 12.2. The van der Waals surface area contributed by atoms with Gasteiger partial charge in [0, 0.05) is 24.6 Å². The van der Waals surface area contributed by atoms with Gasteiger partial charge in [-0.05, 0) is 0 Å². The topological polar surface area (TPSA) is 121 Å².